The third-order valence-corrected chi connectivity index (χ3v) is 4.03. The Balaban J connectivity index is 0.00000106. The van der Waals surface area contributed by atoms with Crippen molar-refractivity contribution in [1.82, 2.24) is 0 Å². The van der Waals surface area contributed by atoms with Crippen LogP contribution in [0.1, 0.15) is 50.3 Å². The summed E-state index contributed by atoms with van der Waals surface area (Å²) in [6.07, 6.45) is 4.93. The minimum atomic E-state index is -0.0977. The van der Waals surface area contributed by atoms with E-state index in [9.17, 15) is 0 Å². The van der Waals surface area contributed by atoms with Crippen LogP contribution in [0.5, 0.6) is 0 Å². The van der Waals surface area contributed by atoms with Crippen molar-refractivity contribution < 1.29 is 4.79 Å². The predicted octanol–water partition coefficient (Wildman–Crippen LogP) is 3.57. The van der Waals surface area contributed by atoms with Gasteiger partial charge in [0.1, 0.15) is 6.79 Å². The third-order valence-electron chi connectivity index (χ3n) is 4.03. The molecule has 0 fully saturated rings. The number of carbonyl (C=O) groups excluding carboxylic acids is 1. The maximum atomic E-state index is 8.00. The third kappa shape index (κ3) is 4.30. The molecule has 1 unspecified atom stereocenters. The first kappa shape index (κ1) is 17.2. The van der Waals surface area contributed by atoms with Crippen LogP contribution >= 0.6 is 0 Å². The molecule has 3 heteroatoms. The van der Waals surface area contributed by atoms with Crippen LogP contribution in [0.3, 0.4) is 0 Å². The Hall–Kier alpha value is -1.87. The van der Waals surface area contributed by atoms with Gasteiger partial charge in [-0.05, 0) is 47.4 Å². The molecule has 1 aromatic carbocycles. The average Bonchev–Trinajstić information content (AvgIpc) is 2.51. The number of rotatable bonds is 3. The molecule has 0 spiro atoms. The van der Waals surface area contributed by atoms with Crippen molar-refractivity contribution in [2.24, 2.45) is 16.9 Å². The second kappa shape index (κ2) is 7.23. The lowest BCUT2D eigenvalue weighted by Gasteiger charge is -2.34. The van der Waals surface area contributed by atoms with E-state index in [1.54, 1.807) is 0 Å². The summed E-state index contributed by atoms with van der Waals surface area (Å²) in [4.78, 5) is 8.00. The largest absolute Gasteiger partial charge is 0.402 e. The smallest absolute Gasteiger partial charge is 0.106 e. The van der Waals surface area contributed by atoms with Gasteiger partial charge in [-0.2, -0.15) is 0 Å². The Morgan fingerprint density at radius 2 is 2.00 bits per heavy atom. The lowest BCUT2D eigenvalue weighted by atomic mass is 9.73. The van der Waals surface area contributed by atoms with E-state index >= 15 is 0 Å². The zero-order chi connectivity index (χ0) is 16.0. The summed E-state index contributed by atoms with van der Waals surface area (Å²) in [7, 11) is 0. The summed E-state index contributed by atoms with van der Waals surface area (Å²) >= 11 is 0. The van der Waals surface area contributed by atoms with Crippen molar-refractivity contribution in [3.05, 3.63) is 53.2 Å². The molecule has 114 valence electrons. The maximum absolute atomic E-state index is 8.00. The van der Waals surface area contributed by atoms with Crippen LogP contribution in [0.15, 0.2) is 42.1 Å². The lowest BCUT2D eigenvalue weighted by molar-refractivity contribution is -0.0979. The van der Waals surface area contributed by atoms with Gasteiger partial charge >= 0.3 is 0 Å². The molecule has 21 heavy (non-hydrogen) atoms. The molecule has 1 aliphatic rings. The van der Waals surface area contributed by atoms with E-state index < -0.39 is 0 Å². The normalized spacial score (nSPS) is 18.4. The SMILES string of the molecule is C=Cc1cccc(C(N)C2=C(N)CCC(C)(C)C2)c1.C=O. The number of nitrogens with two attached hydrogens (primary N) is 2. The van der Waals surface area contributed by atoms with E-state index in [-0.39, 0.29) is 6.04 Å². The topological polar surface area (TPSA) is 69.1 Å². The summed E-state index contributed by atoms with van der Waals surface area (Å²) in [6.45, 7) is 10.4. The number of hydrogen-bond donors (Lipinski definition) is 2. The van der Waals surface area contributed by atoms with E-state index in [2.05, 4.69) is 32.6 Å². The molecule has 1 atom stereocenters. The highest BCUT2D eigenvalue weighted by molar-refractivity contribution is 5.49. The number of benzene rings is 1. The number of allylic oxidation sites excluding steroid dienone is 1. The molecule has 0 aliphatic heterocycles. The molecule has 1 aliphatic carbocycles. The summed E-state index contributed by atoms with van der Waals surface area (Å²) in [5.41, 5.74) is 17.3. The van der Waals surface area contributed by atoms with E-state index in [4.69, 9.17) is 16.3 Å². The van der Waals surface area contributed by atoms with Crippen LogP contribution in [-0.4, -0.2) is 6.79 Å². The Morgan fingerprint density at radius 3 is 2.62 bits per heavy atom. The van der Waals surface area contributed by atoms with Gasteiger partial charge in [0.05, 0.1) is 6.04 Å². The Bertz CT molecular complexity index is 532. The van der Waals surface area contributed by atoms with Gasteiger partial charge in [-0.25, -0.2) is 0 Å². The van der Waals surface area contributed by atoms with Crippen molar-refractivity contribution in [1.29, 1.82) is 0 Å². The molecule has 0 heterocycles. The zero-order valence-corrected chi connectivity index (χ0v) is 13.1. The van der Waals surface area contributed by atoms with E-state index in [0.717, 1.165) is 36.1 Å². The average molecular weight is 286 g/mol. The van der Waals surface area contributed by atoms with Gasteiger partial charge in [-0.15, -0.1) is 0 Å². The van der Waals surface area contributed by atoms with Crippen LogP contribution in [0.25, 0.3) is 6.08 Å². The summed E-state index contributed by atoms with van der Waals surface area (Å²) < 4.78 is 0. The van der Waals surface area contributed by atoms with Crippen molar-refractivity contribution >= 4 is 12.9 Å². The minimum Gasteiger partial charge on any atom is -0.402 e. The first-order valence-corrected chi connectivity index (χ1v) is 7.17. The highest BCUT2D eigenvalue weighted by Crippen LogP contribution is 2.41. The second-order valence-corrected chi connectivity index (χ2v) is 6.24. The molecule has 2 rings (SSSR count). The summed E-state index contributed by atoms with van der Waals surface area (Å²) in [5, 5.41) is 0. The highest BCUT2D eigenvalue weighted by atomic mass is 16.1. The minimum absolute atomic E-state index is 0.0977. The van der Waals surface area contributed by atoms with Crippen LogP contribution in [0.2, 0.25) is 0 Å². The molecule has 0 saturated heterocycles. The fraction of sp³-hybridized carbons (Fsp3) is 0.389. The monoisotopic (exact) mass is 286 g/mol. The molecule has 3 nitrogen and oxygen atoms in total. The van der Waals surface area contributed by atoms with Gasteiger partial charge in [0.15, 0.2) is 0 Å². The number of carbonyl (C=O) groups is 1. The second-order valence-electron chi connectivity index (χ2n) is 6.24. The van der Waals surface area contributed by atoms with Crippen LogP contribution < -0.4 is 11.5 Å². The molecule has 0 radical (unpaired) electrons. The van der Waals surface area contributed by atoms with Crippen LogP contribution in [0.4, 0.5) is 0 Å². The van der Waals surface area contributed by atoms with Crippen molar-refractivity contribution in [3.8, 4) is 0 Å². The fourth-order valence-electron chi connectivity index (χ4n) is 2.74. The lowest BCUT2D eigenvalue weighted by Crippen LogP contribution is -2.27. The van der Waals surface area contributed by atoms with Crippen molar-refractivity contribution in [3.63, 3.8) is 0 Å². The van der Waals surface area contributed by atoms with E-state index in [0.29, 0.717) is 5.41 Å². The van der Waals surface area contributed by atoms with Crippen molar-refractivity contribution in [2.75, 3.05) is 0 Å². The molecule has 0 saturated carbocycles. The van der Waals surface area contributed by atoms with Gasteiger partial charge in [-0.1, -0.05) is 44.7 Å². The highest BCUT2D eigenvalue weighted by Gasteiger charge is 2.29. The zero-order valence-electron chi connectivity index (χ0n) is 13.1. The molecule has 4 N–H and O–H groups in total. The van der Waals surface area contributed by atoms with Crippen molar-refractivity contribution in [2.45, 2.75) is 39.2 Å². The molecule has 0 aromatic heterocycles. The number of hydrogen-bond acceptors (Lipinski definition) is 3. The van der Waals surface area contributed by atoms with Gasteiger partial charge in [0, 0.05) is 5.70 Å². The summed E-state index contributed by atoms with van der Waals surface area (Å²) in [6, 6.07) is 8.13. The van der Waals surface area contributed by atoms with E-state index in [1.807, 2.05) is 25.0 Å². The molecular weight excluding hydrogens is 260 g/mol. The van der Waals surface area contributed by atoms with Gasteiger partial charge < -0.3 is 16.3 Å². The van der Waals surface area contributed by atoms with Crippen LogP contribution in [-0.2, 0) is 4.79 Å². The Kier molecular flexibility index (Phi) is 5.91. The van der Waals surface area contributed by atoms with Gasteiger partial charge in [0.25, 0.3) is 0 Å². The molecule has 0 bridgehead atoms. The quantitative estimate of drug-likeness (QED) is 0.892. The summed E-state index contributed by atoms with van der Waals surface area (Å²) in [5.74, 6) is 0. The van der Waals surface area contributed by atoms with Gasteiger partial charge in [-0.3, -0.25) is 0 Å². The maximum Gasteiger partial charge on any atom is 0.106 e. The molecular formula is C18H26N2O. The standard InChI is InChI=1S/C17H24N2.CH2O/c1-4-12-6-5-7-13(10-12)16(19)14-11-17(2,3)9-8-15(14)18;1-2/h4-7,10,16H,1,8-9,11,18-19H2,2-3H3;1H2. The Labute approximate surface area is 127 Å². The van der Waals surface area contributed by atoms with E-state index in [1.165, 1.54) is 5.57 Å². The first-order valence-electron chi connectivity index (χ1n) is 7.17. The van der Waals surface area contributed by atoms with Crippen LogP contribution in [0, 0.1) is 5.41 Å². The first-order chi connectivity index (χ1) is 9.93. The Morgan fingerprint density at radius 1 is 1.33 bits per heavy atom. The molecule has 0 amide bonds. The molecule has 1 aromatic rings. The fourth-order valence-corrected chi connectivity index (χ4v) is 2.74. The predicted molar refractivity (Wildman–Crippen MR) is 89.4 cm³/mol. The van der Waals surface area contributed by atoms with Gasteiger partial charge in [0.2, 0.25) is 0 Å².